The molecular formula is C11H12ClNO2. The number of ether oxygens (including phenoxy) is 1. The average molecular weight is 226 g/mol. The van der Waals surface area contributed by atoms with E-state index >= 15 is 0 Å². The molecule has 3 nitrogen and oxygen atoms in total. The highest BCUT2D eigenvalue weighted by atomic mass is 35.5. The molecule has 0 saturated carbocycles. The molecule has 1 atom stereocenters. The summed E-state index contributed by atoms with van der Waals surface area (Å²) < 4.78 is 5.25. The number of rotatable bonds is 2. The van der Waals surface area contributed by atoms with Gasteiger partial charge in [0.05, 0.1) is 5.69 Å². The summed E-state index contributed by atoms with van der Waals surface area (Å²) in [7, 11) is 0. The molecule has 0 fully saturated rings. The molecular weight excluding hydrogens is 214 g/mol. The molecule has 1 amide bonds. The van der Waals surface area contributed by atoms with Crippen molar-refractivity contribution in [3.63, 3.8) is 0 Å². The summed E-state index contributed by atoms with van der Waals surface area (Å²) in [6, 6.07) is 5.74. The second-order valence-electron chi connectivity index (χ2n) is 3.65. The minimum Gasteiger partial charge on any atom is -0.482 e. The minimum atomic E-state index is -0.112. The Kier molecular flexibility index (Phi) is 2.82. The number of hydrogen-bond donors (Lipinski definition) is 1. The van der Waals surface area contributed by atoms with Crippen molar-refractivity contribution in [1.29, 1.82) is 0 Å². The molecule has 0 bridgehead atoms. The van der Waals surface area contributed by atoms with E-state index in [0.29, 0.717) is 0 Å². The molecule has 15 heavy (non-hydrogen) atoms. The lowest BCUT2D eigenvalue weighted by atomic mass is 10.1. The molecule has 1 N–H and O–H groups in total. The van der Waals surface area contributed by atoms with Gasteiger partial charge < -0.3 is 10.1 Å². The van der Waals surface area contributed by atoms with E-state index in [1.54, 1.807) is 0 Å². The Morgan fingerprint density at radius 2 is 2.40 bits per heavy atom. The fourth-order valence-electron chi connectivity index (χ4n) is 1.58. The molecule has 1 aromatic carbocycles. The zero-order chi connectivity index (χ0) is 10.8. The third kappa shape index (κ3) is 2.42. The first-order chi connectivity index (χ1) is 7.15. The molecule has 1 aromatic rings. The molecule has 1 aliphatic rings. The van der Waals surface area contributed by atoms with Crippen LogP contribution in [0.2, 0.25) is 0 Å². The van der Waals surface area contributed by atoms with Crippen molar-refractivity contribution in [2.24, 2.45) is 0 Å². The third-order valence-corrected chi connectivity index (χ3v) is 2.35. The number of fused-ring (bicyclic) bond motifs is 1. The summed E-state index contributed by atoms with van der Waals surface area (Å²) >= 11 is 5.91. The van der Waals surface area contributed by atoms with Crippen LogP contribution in [-0.2, 0) is 11.2 Å². The number of halogens is 1. The number of carbonyl (C=O) groups excluding carboxylic acids is 1. The first-order valence-corrected chi connectivity index (χ1v) is 5.28. The smallest absolute Gasteiger partial charge is 0.262 e. The zero-order valence-corrected chi connectivity index (χ0v) is 9.17. The van der Waals surface area contributed by atoms with Gasteiger partial charge in [-0.25, -0.2) is 0 Å². The molecule has 80 valence electrons. The molecule has 0 saturated heterocycles. The average Bonchev–Trinajstić information content (AvgIpc) is 2.16. The van der Waals surface area contributed by atoms with Gasteiger partial charge in [-0.3, -0.25) is 4.79 Å². The van der Waals surface area contributed by atoms with Crippen LogP contribution in [0.1, 0.15) is 12.5 Å². The van der Waals surface area contributed by atoms with Gasteiger partial charge in [0.15, 0.2) is 6.61 Å². The Labute approximate surface area is 93.4 Å². The zero-order valence-electron chi connectivity index (χ0n) is 8.42. The van der Waals surface area contributed by atoms with E-state index in [4.69, 9.17) is 16.3 Å². The summed E-state index contributed by atoms with van der Waals surface area (Å²) in [4.78, 5) is 11.1. The van der Waals surface area contributed by atoms with Gasteiger partial charge in [0.1, 0.15) is 5.75 Å². The summed E-state index contributed by atoms with van der Waals surface area (Å²) in [5.74, 6) is 0.610. The summed E-state index contributed by atoms with van der Waals surface area (Å²) in [6.07, 6.45) is 0.782. The van der Waals surface area contributed by atoms with Crippen LogP contribution in [0.3, 0.4) is 0 Å². The van der Waals surface area contributed by atoms with Gasteiger partial charge in [-0.2, -0.15) is 0 Å². The molecule has 1 unspecified atom stereocenters. The third-order valence-electron chi connectivity index (χ3n) is 2.19. The molecule has 0 aliphatic carbocycles. The number of anilines is 1. The van der Waals surface area contributed by atoms with Crippen molar-refractivity contribution in [1.82, 2.24) is 0 Å². The lowest BCUT2D eigenvalue weighted by Crippen LogP contribution is -2.25. The SMILES string of the molecule is CC(Cl)Cc1ccc2c(c1)NC(=O)CO2. The van der Waals surface area contributed by atoms with Crippen LogP contribution >= 0.6 is 11.6 Å². The Morgan fingerprint density at radius 3 is 3.13 bits per heavy atom. The fourth-order valence-corrected chi connectivity index (χ4v) is 1.76. The van der Waals surface area contributed by atoms with Gasteiger partial charge >= 0.3 is 0 Å². The lowest BCUT2D eigenvalue weighted by Gasteiger charge is -2.18. The van der Waals surface area contributed by atoms with Crippen molar-refractivity contribution >= 4 is 23.2 Å². The maximum absolute atomic E-state index is 11.1. The number of amides is 1. The monoisotopic (exact) mass is 225 g/mol. The second kappa shape index (κ2) is 4.11. The van der Waals surface area contributed by atoms with Gasteiger partial charge in [-0.15, -0.1) is 11.6 Å². The van der Waals surface area contributed by atoms with Crippen molar-refractivity contribution < 1.29 is 9.53 Å². The first-order valence-electron chi connectivity index (χ1n) is 4.85. The normalized spacial score (nSPS) is 16.3. The molecule has 2 rings (SSSR count). The van der Waals surface area contributed by atoms with Crippen LogP contribution < -0.4 is 10.1 Å². The maximum Gasteiger partial charge on any atom is 0.262 e. The van der Waals surface area contributed by atoms with Gasteiger partial charge in [0, 0.05) is 5.38 Å². The Bertz CT molecular complexity index is 390. The Balaban J connectivity index is 2.24. The maximum atomic E-state index is 11.1. The minimum absolute atomic E-state index is 0.0864. The summed E-state index contributed by atoms with van der Waals surface area (Å²) in [6.45, 7) is 2.04. The molecule has 0 spiro atoms. The van der Waals surface area contributed by atoms with E-state index in [-0.39, 0.29) is 17.9 Å². The molecule has 1 heterocycles. The fraction of sp³-hybridized carbons (Fsp3) is 0.364. The largest absolute Gasteiger partial charge is 0.482 e. The highest BCUT2D eigenvalue weighted by molar-refractivity contribution is 6.20. The second-order valence-corrected chi connectivity index (χ2v) is 4.40. The summed E-state index contributed by atoms with van der Waals surface area (Å²) in [5.41, 5.74) is 1.84. The van der Waals surface area contributed by atoms with Gasteiger partial charge in [-0.1, -0.05) is 6.07 Å². The quantitative estimate of drug-likeness (QED) is 0.784. The molecule has 1 aliphatic heterocycles. The van der Waals surface area contributed by atoms with Crippen LogP contribution in [0.5, 0.6) is 5.75 Å². The highest BCUT2D eigenvalue weighted by Gasteiger charge is 2.15. The van der Waals surface area contributed by atoms with Gasteiger partial charge in [-0.05, 0) is 31.0 Å². The van der Waals surface area contributed by atoms with Crippen LogP contribution in [0, 0.1) is 0 Å². The van der Waals surface area contributed by atoms with E-state index in [1.807, 2.05) is 25.1 Å². The van der Waals surface area contributed by atoms with E-state index in [1.165, 1.54) is 0 Å². The van der Waals surface area contributed by atoms with E-state index < -0.39 is 0 Å². The molecule has 0 radical (unpaired) electrons. The van der Waals surface area contributed by atoms with Crippen LogP contribution in [-0.4, -0.2) is 17.9 Å². The van der Waals surface area contributed by atoms with Crippen molar-refractivity contribution in [2.75, 3.05) is 11.9 Å². The predicted molar refractivity (Wildman–Crippen MR) is 59.6 cm³/mol. The van der Waals surface area contributed by atoms with Crippen molar-refractivity contribution in [2.45, 2.75) is 18.7 Å². The predicted octanol–water partition coefficient (Wildman–Crippen LogP) is 2.19. The Hall–Kier alpha value is -1.22. The standard InChI is InChI=1S/C11H12ClNO2/c1-7(12)4-8-2-3-10-9(5-8)13-11(14)6-15-10/h2-3,5,7H,4,6H2,1H3,(H,13,14). The number of nitrogens with one attached hydrogen (secondary N) is 1. The number of alkyl halides is 1. The van der Waals surface area contributed by atoms with Crippen molar-refractivity contribution in [3.8, 4) is 5.75 Å². The first kappa shape index (κ1) is 10.3. The van der Waals surface area contributed by atoms with Crippen LogP contribution in [0.25, 0.3) is 0 Å². The van der Waals surface area contributed by atoms with E-state index in [2.05, 4.69) is 5.32 Å². The van der Waals surface area contributed by atoms with E-state index in [0.717, 1.165) is 23.4 Å². The molecule has 0 aromatic heterocycles. The highest BCUT2D eigenvalue weighted by Crippen LogP contribution is 2.29. The number of carbonyl (C=O) groups is 1. The summed E-state index contributed by atoms with van der Waals surface area (Å²) in [5, 5.41) is 2.85. The van der Waals surface area contributed by atoms with Crippen LogP contribution in [0.4, 0.5) is 5.69 Å². The Morgan fingerprint density at radius 1 is 1.60 bits per heavy atom. The topological polar surface area (TPSA) is 38.3 Å². The molecule has 4 heteroatoms. The van der Waals surface area contributed by atoms with E-state index in [9.17, 15) is 4.79 Å². The number of benzene rings is 1. The number of hydrogen-bond acceptors (Lipinski definition) is 2. The van der Waals surface area contributed by atoms with Crippen molar-refractivity contribution in [3.05, 3.63) is 23.8 Å². The van der Waals surface area contributed by atoms with Gasteiger partial charge in [0.25, 0.3) is 5.91 Å². The van der Waals surface area contributed by atoms with Gasteiger partial charge in [0.2, 0.25) is 0 Å². The lowest BCUT2D eigenvalue weighted by molar-refractivity contribution is -0.118. The van der Waals surface area contributed by atoms with Crippen LogP contribution in [0.15, 0.2) is 18.2 Å².